The van der Waals surface area contributed by atoms with Gasteiger partial charge in [-0.2, -0.15) is 14.5 Å². The van der Waals surface area contributed by atoms with Gasteiger partial charge in [-0.3, -0.25) is 24.4 Å². The summed E-state index contributed by atoms with van der Waals surface area (Å²) in [6, 6.07) is 9.96. The van der Waals surface area contributed by atoms with Crippen molar-refractivity contribution < 1.29 is 31.6 Å². The maximum Gasteiger partial charge on any atom is 0.508 e. The lowest BCUT2D eigenvalue weighted by Crippen LogP contribution is -2.49. The second-order valence-electron chi connectivity index (χ2n) is 17.2. The molecule has 0 amide bonds. The van der Waals surface area contributed by atoms with Crippen molar-refractivity contribution in [2.75, 3.05) is 85.3 Å². The maximum absolute atomic E-state index is 14.2. The van der Waals surface area contributed by atoms with Gasteiger partial charge in [0.05, 0.1) is 39.0 Å². The first kappa shape index (κ1) is 49.4. The fraction of sp³-hybridized carbons (Fsp3) is 0.478. The van der Waals surface area contributed by atoms with Crippen LogP contribution < -0.4 is 15.6 Å². The number of aryl methyl sites for hydroxylation is 4. The largest absolute Gasteiger partial charge is 0.508 e. The molecular formula is C46H61N13O8S2. The molecule has 1 atom stereocenters. The third kappa shape index (κ3) is 10.5. The van der Waals surface area contributed by atoms with Crippen LogP contribution in [0, 0.1) is 11.7 Å². The number of benzene rings is 2. The summed E-state index contributed by atoms with van der Waals surface area (Å²) in [5, 5.41) is 15.1. The number of piperazine rings is 2. The number of hydrogen-bond acceptors (Lipinski definition) is 16. The average Bonchev–Trinajstić information content (AvgIpc) is 3.89. The predicted molar refractivity (Wildman–Crippen MR) is 261 cm³/mol. The first-order valence-electron chi connectivity index (χ1n) is 23.4. The van der Waals surface area contributed by atoms with Crippen LogP contribution in [0.4, 0.5) is 10.5 Å². The van der Waals surface area contributed by atoms with Crippen molar-refractivity contribution in [3.63, 3.8) is 0 Å². The van der Waals surface area contributed by atoms with Crippen molar-refractivity contribution in [1.82, 2.24) is 53.7 Å². The number of fused-ring (bicyclic) bond motifs is 2. The molecule has 3 aromatic heterocycles. The van der Waals surface area contributed by atoms with Crippen molar-refractivity contribution in [3.05, 3.63) is 81.5 Å². The molecule has 0 aliphatic carbocycles. The fourth-order valence-corrected chi connectivity index (χ4v) is 11.8. The summed E-state index contributed by atoms with van der Waals surface area (Å²) in [7, 11) is -5.55. The quantitative estimate of drug-likeness (QED) is 0.0889. The molecule has 0 saturated carbocycles. The minimum Gasteiger partial charge on any atom is -0.493 e. The minimum absolute atomic E-state index is 0.0829. The van der Waals surface area contributed by atoms with Gasteiger partial charge in [0, 0.05) is 78.1 Å². The van der Waals surface area contributed by atoms with Crippen molar-refractivity contribution in [3.8, 4) is 17.1 Å². The highest BCUT2D eigenvalue weighted by atomic mass is 32.2. The molecule has 1 unspecified atom stereocenters. The Morgan fingerprint density at radius 2 is 1.49 bits per heavy atom. The molecule has 370 valence electrons. The van der Waals surface area contributed by atoms with Gasteiger partial charge >= 0.3 is 6.16 Å². The lowest BCUT2D eigenvalue weighted by atomic mass is 10.1. The monoisotopic (exact) mass is 987 g/mol. The highest BCUT2D eigenvalue weighted by Gasteiger charge is 2.31. The highest BCUT2D eigenvalue weighted by Crippen LogP contribution is 2.34. The Bertz CT molecular complexity index is 3040. The van der Waals surface area contributed by atoms with E-state index in [1.54, 1.807) is 47.8 Å². The minimum atomic E-state index is -3.81. The number of nitrogens with zero attached hydrogens (tertiary/aromatic N) is 9. The van der Waals surface area contributed by atoms with E-state index in [-0.39, 0.29) is 47.5 Å². The molecule has 2 saturated heterocycles. The number of rotatable bonds is 18. The second kappa shape index (κ2) is 20.9. The Labute approximate surface area is 402 Å². The Hall–Kier alpha value is -5.98. The van der Waals surface area contributed by atoms with Crippen LogP contribution in [-0.2, 0) is 49.3 Å². The summed E-state index contributed by atoms with van der Waals surface area (Å²) in [6.45, 7) is 16.5. The van der Waals surface area contributed by atoms with E-state index in [0.717, 1.165) is 36.2 Å². The number of carbonyl (C=O) groups is 1. The number of aromatic amines is 2. The van der Waals surface area contributed by atoms with Gasteiger partial charge in [0.1, 0.15) is 57.4 Å². The Morgan fingerprint density at radius 3 is 2.14 bits per heavy atom. The topological polar surface area (TPSA) is 249 Å². The van der Waals surface area contributed by atoms with Crippen LogP contribution in [0.25, 0.3) is 28.1 Å². The zero-order valence-electron chi connectivity index (χ0n) is 39.8. The molecule has 0 spiro atoms. The van der Waals surface area contributed by atoms with E-state index in [4.69, 9.17) is 29.0 Å². The normalized spacial score (nSPS) is 17.3. The summed E-state index contributed by atoms with van der Waals surface area (Å²) in [4.78, 5) is 42.8. The van der Waals surface area contributed by atoms with Gasteiger partial charge in [0.2, 0.25) is 10.0 Å². The van der Waals surface area contributed by atoms with Gasteiger partial charge in [0.15, 0.2) is 5.52 Å². The van der Waals surface area contributed by atoms with Crippen LogP contribution in [-0.4, -0.2) is 158 Å². The van der Waals surface area contributed by atoms with Crippen LogP contribution in [0.3, 0.4) is 0 Å². The predicted octanol–water partition coefficient (Wildman–Crippen LogP) is 4.41. The van der Waals surface area contributed by atoms with E-state index >= 15 is 0 Å². The summed E-state index contributed by atoms with van der Waals surface area (Å²) < 4.78 is 72.2. The average molecular weight is 988 g/mol. The van der Waals surface area contributed by atoms with E-state index < -0.39 is 26.1 Å². The fourth-order valence-electron chi connectivity index (χ4n) is 8.80. The van der Waals surface area contributed by atoms with Crippen molar-refractivity contribution in [1.29, 1.82) is 4.78 Å². The zero-order valence-corrected chi connectivity index (χ0v) is 41.4. The number of ether oxygens (including phenoxy) is 3. The molecule has 5 aromatic rings. The molecule has 6 heterocycles. The molecule has 8 rings (SSSR count). The van der Waals surface area contributed by atoms with Crippen LogP contribution in [0.15, 0.2) is 62.6 Å². The van der Waals surface area contributed by atoms with Crippen LogP contribution in [0.1, 0.15) is 61.8 Å². The maximum atomic E-state index is 14.2. The molecule has 69 heavy (non-hydrogen) atoms. The van der Waals surface area contributed by atoms with Crippen LogP contribution in [0.2, 0.25) is 0 Å². The SMILES string of the molecule is C=C1NC(c2cc(S(=O)(=O)N3CCN(CCOC(=O)OCCN4CCN(S(=N)(=O)c5ccc(OCC)c(-c6nc7c(CCC)nn(C)c7c(=O)[nH]6)c5)CC4)CC3)ccc2C)=Nc2c1n[nH]c2CCC. The molecule has 2 fully saturated rings. The molecule has 23 heteroatoms. The second-order valence-corrected chi connectivity index (χ2v) is 21.2. The molecule has 0 bridgehead atoms. The summed E-state index contributed by atoms with van der Waals surface area (Å²) in [6.07, 6.45) is 2.37. The zero-order chi connectivity index (χ0) is 49.0. The molecular weight excluding hydrogens is 927 g/mol. The number of sulfonamides is 1. The summed E-state index contributed by atoms with van der Waals surface area (Å²) in [5.74, 6) is 1.21. The highest BCUT2D eigenvalue weighted by molar-refractivity contribution is 7.90. The van der Waals surface area contributed by atoms with Gasteiger partial charge in [0.25, 0.3) is 5.56 Å². The lowest BCUT2D eigenvalue weighted by Gasteiger charge is -2.35. The van der Waals surface area contributed by atoms with E-state index in [1.807, 2.05) is 25.7 Å². The first-order valence-corrected chi connectivity index (χ1v) is 26.3. The molecule has 0 radical (unpaired) electrons. The van der Waals surface area contributed by atoms with Crippen LogP contribution in [0.5, 0.6) is 5.75 Å². The number of H-pyrrole nitrogens is 2. The smallest absolute Gasteiger partial charge is 0.493 e. The van der Waals surface area contributed by atoms with Gasteiger partial charge in [-0.25, -0.2) is 36.5 Å². The lowest BCUT2D eigenvalue weighted by molar-refractivity contribution is 0.0371. The van der Waals surface area contributed by atoms with E-state index in [9.17, 15) is 22.2 Å². The number of hydrogen-bond donors (Lipinski definition) is 4. The molecule has 2 aromatic carbocycles. The van der Waals surface area contributed by atoms with Crippen molar-refractivity contribution in [2.45, 2.75) is 63.2 Å². The number of aliphatic imine (C=N–C) groups is 1. The molecule has 3 aliphatic heterocycles. The number of nitrogens with one attached hydrogen (secondary N) is 4. The summed E-state index contributed by atoms with van der Waals surface area (Å²) >= 11 is 0. The summed E-state index contributed by atoms with van der Waals surface area (Å²) in [5.41, 5.74) is 6.05. The van der Waals surface area contributed by atoms with Gasteiger partial charge in [-0.1, -0.05) is 39.3 Å². The Morgan fingerprint density at radius 1 is 0.855 bits per heavy atom. The number of amidine groups is 1. The standard InChI is InChI=1S/C46H61N13O8S2/c1-7-10-36-40-39(53-52-36)31(5)48-43(49-40)34-29-33(13-12-30(34)4)69(63,64)59-22-18-57(19-23-59)25-27-67-46(61)66-26-24-56-16-20-58(21-17-56)68(47,62)32-14-15-38(65-9-3)35(28-32)44-50-41-37(11-8-2)54-55(6)42(41)45(60)51-44/h12-15,28-29,47H,5,7-11,16-27H2,1-4,6H3,(H,48,49)(H,52,53)(H,50,51,60). The van der Waals surface area contributed by atoms with E-state index in [0.29, 0.717) is 116 Å². The van der Waals surface area contributed by atoms with Gasteiger partial charge in [-0.05, 0) is 62.6 Å². The Balaban J connectivity index is 0.781. The van der Waals surface area contributed by atoms with E-state index in [1.165, 1.54) is 8.99 Å². The first-order chi connectivity index (χ1) is 33.1. The van der Waals surface area contributed by atoms with Gasteiger partial charge in [-0.15, -0.1) is 0 Å². The molecule has 21 nitrogen and oxygen atoms in total. The van der Waals surface area contributed by atoms with Crippen molar-refractivity contribution >= 4 is 54.3 Å². The third-order valence-corrected chi connectivity index (χ3v) is 16.4. The van der Waals surface area contributed by atoms with Crippen molar-refractivity contribution in [2.24, 2.45) is 12.0 Å². The van der Waals surface area contributed by atoms with Crippen LogP contribution >= 0.6 is 0 Å². The molecule has 3 aliphatic rings. The third-order valence-electron chi connectivity index (χ3n) is 12.5. The molecule has 4 N–H and O–H groups in total. The Kier molecular flexibility index (Phi) is 15.0. The van der Waals surface area contributed by atoms with Gasteiger partial charge < -0.3 is 24.5 Å². The number of carbonyl (C=O) groups excluding carboxylic acids is 1. The number of aromatic nitrogens is 6. The van der Waals surface area contributed by atoms with E-state index in [2.05, 4.69) is 44.0 Å².